The van der Waals surface area contributed by atoms with E-state index in [1.165, 1.54) is 19.3 Å². The summed E-state index contributed by atoms with van der Waals surface area (Å²) in [4.78, 5) is 0. The van der Waals surface area contributed by atoms with Crippen molar-refractivity contribution in [2.24, 2.45) is 5.73 Å². The Morgan fingerprint density at radius 2 is 1.38 bits per heavy atom. The first-order valence-corrected chi connectivity index (χ1v) is 8.39. The average molecular weight is 220 g/mol. The lowest BCUT2D eigenvalue weighted by Crippen LogP contribution is -2.43. The molecule has 2 rings (SSSR count). The molecule has 0 radical (unpaired) electrons. The van der Waals surface area contributed by atoms with Crippen molar-refractivity contribution in [1.82, 2.24) is 0 Å². The normalized spacial score (nSPS) is 28.4. The van der Waals surface area contributed by atoms with Crippen LogP contribution in [0.25, 0.3) is 0 Å². The Bertz CT molecular complexity index is 147. The summed E-state index contributed by atoms with van der Waals surface area (Å²) in [5.74, 6) is 0. The molecule has 78 valence electrons. The molecule has 13 heavy (non-hydrogen) atoms. The van der Waals surface area contributed by atoms with E-state index in [9.17, 15) is 0 Å². The summed E-state index contributed by atoms with van der Waals surface area (Å²) in [6, 6.07) is 6.96. The van der Waals surface area contributed by atoms with Crippen molar-refractivity contribution in [3.63, 3.8) is 0 Å². The molecule has 0 aromatic rings. The van der Waals surface area contributed by atoms with Gasteiger partial charge in [0.25, 0.3) is 0 Å². The van der Waals surface area contributed by atoms with Crippen molar-refractivity contribution in [3.05, 3.63) is 0 Å². The zero-order chi connectivity index (χ0) is 8.44. The van der Waals surface area contributed by atoms with Gasteiger partial charge in [-0.2, -0.15) is 0 Å². The van der Waals surface area contributed by atoms with E-state index in [0.29, 0.717) is 6.04 Å². The van der Waals surface area contributed by atoms with Gasteiger partial charge in [-0.05, 0) is 12.8 Å². The topological polar surface area (TPSA) is 26.0 Å². The van der Waals surface area contributed by atoms with Crippen LogP contribution in [0.15, 0.2) is 0 Å². The molecule has 0 saturated carbocycles. The zero-order valence-corrected chi connectivity index (χ0v) is 10.2. The largest absolute Gasteiger partial charge is 0.328 e. The molecule has 2 N–H and O–H groups in total. The minimum atomic E-state index is -0.692. The summed E-state index contributed by atoms with van der Waals surface area (Å²) in [7, 11) is -0.692. The Hall–Kier alpha value is 0.467. The maximum atomic E-state index is 5.95. The Kier molecular flexibility index (Phi) is 4.27. The van der Waals surface area contributed by atoms with Gasteiger partial charge in [0.15, 0.2) is 0 Å². The minimum absolute atomic E-state index is 0. The molecule has 0 atom stereocenters. The summed E-state index contributed by atoms with van der Waals surface area (Å²) < 4.78 is 0. The highest BCUT2D eigenvalue weighted by molar-refractivity contribution is 6.80. The molecule has 2 heterocycles. The molecule has 2 fully saturated rings. The second-order valence-corrected chi connectivity index (χ2v) is 9.90. The lowest BCUT2D eigenvalue weighted by molar-refractivity contribution is 0.568. The van der Waals surface area contributed by atoms with Gasteiger partial charge >= 0.3 is 0 Å². The predicted octanol–water partition coefficient (Wildman–Crippen LogP) is 3.16. The van der Waals surface area contributed by atoms with Crippen LogP contribution in [0, 0.1) is 0 Å². The van der Waals surface area contributed by atoms with Gasteiger partial charge in [-0.25, -0.2) is 0 Å². The summed E-state index contributed by atoms with van der Waals surface area (Å²) in [5.41, 5.74) is 5.95. The number of nitrogens with two attached hydrogens (primary N) is 1. The molecule has 0 aromatic carbocycles. The second-order valence-electron chi connectivity index (χ2n) is 4.90. The fraction of sp³-hybridized carbons (Fsp3) is 1.00. The highest BCUT2D eigenvalue weighted by atomic mass is 35.5. The van der Waals surface area contributed by atoms with Gasteiger partial charge in [0.1, 0.15) is 0 Å². The van der Waals surface area contributed by atoms with Crippen molar-refractivity contribution < 1.29 is 0 Å². The van der Waals surface area contributed by atoms with Gasteiger partial charge in [0.2, 0.25) is 0 Å². The number of hydrogen-bond acceptors (Lipinski definition) is 1. The average Bonchev–Trinajstić information content (AvgIpc) is 2.13. The van der Waals surface area contributed by atoms with Crippen molar-refractivity contribution in [2.75, 3.05) is 0 Å². The predicted molar refractivity (Wildman–Crippen MR) is 63.3 cm³/mol. The summed E-state index contributed by atoms with van der Waals surface area (Å²) in [6.45, 7) is 0. The highest BCUT2D eigenvalue weighted by Gasteiger charge is 2.36. The smallest absolute Gasteiger partial charge is 0.0537 e. The van der Waals surface area contributed by atoms with Gasteiger partial charge in [0.05, 0.1) is 8.07 Å². The van der Waals surface area contributed by atoms with Crippen molar-refractivity contribution >= 4 is 20.5 Å². The molecule has 0 bridgehead atoms. The molecular weight excluding hydrogens is 198 g/mol. The van der Waals surface area contributed by atoms with Gasteiger partial charge in [0, 0.05) is 6.04 Å². The number of hydrogen-bond donors (Lipinski definition) is 1. The molecule has 1 spiro atoms. The van der Waals surface area contributed by atoms with E-state index in [4.69, 9.17) is 5.73 Å². The Balaban J connectivity index is 0.000000845. The first kappa shape index (κ1) is 11.5. The standard InChI is InChI=1S/C10H21NSi.ClH/c11-10-4-8-12(9-5-10)6-2-1-3-7-12;/h10H,1-9,11H2;1H. The maximum Gasteiger partial charge on any atom is 0.0537 e. The maximum absolute atomic E-state index is 5.95. The van der Waals surface area contributed by atoms with Gasteiger partial charge in [-0.15, -0.1) is 12.4 Å². The summed E-state index contributed by atoms with van der Waals surface area (Å²) in [6.07, 6.45) is 7.31. The molecule has 2 aliphatic rings. The van der Waals surface area contributed by atoms with Crippen molar-refractivity contribution in [2.45, 2.75) is 62.3 Å². The number of halogens is 1. The van der Waals surface area contributed by atoms with E-state index < -0.39 is 8.07 Å². The van der Waals surface area contributed by atoms with Crippen LogP contribution in [0.2, 0.25) is 24.2 Å². The van der Waals surface area contributed by atoms with Crippen LogP contribution in [-0.2, 0) is 0 Å². The fourth-order valence-corrected chi connectivity index (χ4v) is 8.52. The summed E-state index contributed by atoms with van der Waals surface area (Å²) in [5, 5.41) is 0. The van der Waals surface area contributed by atoms with Gasteiger partial charge < -0.3 is 5.73 Å². The fourth-order valence-electron chi connectivity index (χ4n) is 3.05. The highest BCUT2D eigenvalue weighted by Crippen LogP contribution is 2.40. The SMILES string of the molecule is Cl.NC1CC[Si]2(CCCCC2)CC1. The molecule has 0 unspecified atom stereocenters. The van der Waals surface area contributed by atoms with Crippen LogP contribution < -0.4 is 5.73 Å². The van der Waals surface area contributed by atoms with E-state index in [-0.39, 0.29) is 12.4 Å². The second kappa shape index (κ2) is 4.81. The van der Waals surface area contributed by atoms with Gasteiger partial charge in [-0.1, -0.05) is 43.4 Å². The lowest BCUT2D eigenvalue weighted by Gasteiger charge is -2.40. The first-order valence-electron chi connectivity index (χ1n) is 5.56. The van der Waals surface area contributed by atoms with E-state index in [1.807, 2.05) is 0 Å². The Labute approximate surface area is 88.9 Å². The van der Waals surface area contributed by atoms with Crippen molar-refractivity contribution in [1.29, 1.82) is 0 Å². The third-order valence-corrected chi connectivity index (χ3v) is 9.53. The van der Waals surface area contributed by atoms with E-state index >= 15 is 0 Å². The molecule has 2 aliphatic heterocycles. The lowest BCUT2D eigenvalue weighted by atomic mass is 10.2. The van der Waals surface area contributed by atoms with Crippen LogP contribution >= 0.6 is 12.4 Å². The van der Waals surface area contributed by atoms with E-state index in [2.05, 4.69) is 0 Å². The third-order valence-electron chi connectivity index (χ3n) is 4.01. The zero-order valence-electron chi connectivity index (χ0n) is 8.43. The summed E-state index contributed by atoms with van der Waals surface area (Å²) >= 11 is 0. The molecule has 3 heteroatoms. The molecule has 1 nitrogen and oxygen atoms in total. The first-order chi connectivity index (χ1) is 5.81. The molecule has 2 saturated heterocycles. The van der Waals surface area contributed by atoms with Crippen molar-refractivity contribution in [3.8, 4) is 0 Å². The third kappa shape index (κ3) is 2.71. The van der Waals surface area contributed by atoms with Gasteiger partial charge in [-0.3, -0.25) is 0 Å². The monoisotopic (exact) mass is 219 g/mol. The Morgan fingerprint density at radius 1 is 0.846 bits per heavy atom. The minimum Gasteiger partial charge on any atom is -0.328 e. The molecule has 0 aliphatic carbocycles. The van der Waals surface area contributed by atoms with Crippen LogP contribution in [0.4, 0.5) is 0 Å². The van der Waals surface area contributed by atoms with E-state index in [1.54, 1.807) is 37.0 Å². The van der Waals surface area contributed by atoms with Crippen LogP contribution in [0.1, 0.15) is 32.1 Å². The van der Waals surface area contributed by atoms with Crippen LogP contribution in [0.5, 0.6) is 0 Å². The Morgan fingerprint density at radius 3 is 1.92 bits per heavy atom. The molecule has 0 amide bonds. The van der Waals surface area contributed by atoms with Crippen LogP contribution in [0.3, 0.4) is 0 Å². The van der Waals surface area contributed by atoms with Crippen LogP contribution in [-0.4, -0.2) is 14.1 Å². The molecular formula is C10H22ClNSi. The number of rotatable bonds is 0. The quantitative estimate of drug-likeness (QED) is 0.623. The van der Waals surface area contributed by atoms with E-state index in [0.717, 1.165) is 0 Å². The molecule has 0 aromatic heterocycles.